The van der Waals surface area contributed by atoms with Crippen LogP contribution in [0.2, 0.25) is 0 Å². The number of tetrazole rings is 1. The number of benzene rings is 2. The van der Waals surface area contributed by atoms with Crippen molar-refractivity contribution in [2.75, 3.05) is 5.32 Å². The third kappa shape index (κ3) is 5.08. The molecule has 3 rings (SSSR count). The molecule has 0 saturated carbocycles. The predicted octanol–water partition coefficient (Wildman–Crippen LogP) is 1.97. The third-order valence-electron chi connectivity index (χ3n) is 3.85. The number of nitrogens with one attached hydrogen (secondary N) is 3. The van der Waals surface area contributed by atoms with Crippen molar-refractivity contribution >= 4 is 28.9 Å². The number of carbonyl (C=O) groups excluding carboxylic acids is 1. The van der Waals surface area contributed by atoms with Crippen molar-refractivity contribution < 1.29 is 4.79 Å². The Balaban J connectivity index is 1.49. The van der Waals surface area contributed by atoms with Gasteiger partial charge in [-0.1, -0.05) is 36.4 Å². The number of rotatable bonds is 4. The number of aryl methyl sites for hydroxylation is 2. The summed E-state index contributed by atoms with van der Waals surface area (Å²) in [5.74, 6) is 0.111. The third-order valence-corrected chi connectivity index (χ3v) is 4.05. The zero-order valence-corrected chi connectivity index (χ0v) is 15.7. The molecular weight excluding hydrogens is 362 g/mol. The molecule has 0 spiro atoms. The predicted molar refractivity (Wildman–Crippen MR) is 107 cm³/mol. The summed E-state index contributed by atoms with van der Waals surface area (Å²) in [5, 5.41) is 15.3. The van der Waals surface area contributed by atoms with Gasteiger partial charge in [0.25, 0.3) is 5.91 Å². The Morgan fingerprint density at radius 1 is 1.07 bits per heavy atom. The lowest BCUT2D eigenvalue weighted by Crippen LogP contribution is -2.45. The number of hydrogen-bond acceptors (Lipinski definition) is 5. The van der Waals surface area contributed by atoms with Gasteiger partial charge in [0.15, 0.2) is 5.11 Å². The van der Waals surface area contributed by atoms with E-state index in [4.69, 9.17) is 12.2 Å². The van der Waals surface area contributed by atoms with Crippen LogP contribution >= 0.6 is 12.2 Å². The number of thiocarbonyl (C=S) groups is 1. The average molecular weight is 381 g/mol. The quantitative estimate of drug-likeness (QED) is 0.470. The van der Waals surface area contributed by atoms with Gasteiger partial charge in [-0.15, -0.1) is 10.2 Å². The topological polar surface area (TPSA) is 96.8 Å². The molecule has 1 heterocycles. The molecule has 138 valence electrons. The van der Waals surface area contributed by atoms with Crippen molar-refractivity contribution in [3.05, 3.63) is 59.7 Å². The molecule has 0 fully saturated rings. The molecule has 1 amide bonds. The van der Waals surface area contributed by atoms with E-state index in [0.717, 1.165) is 16.8 Å². The second kappa shape index (κ2) is 8.37. The fourth-order valence-corrected chi connectivity index (χ4v) is 2.46. The summed E-state index contributed by atoms with van der Waals surface area (Å²) in [6, 6.07) is 15.3. The van der Waals surface area contributed by atoms with Gasteiger partial charge in [-0.05, 0) is 54.5 Å². The molecule has 0 aliphatic heterocycles. The first-order chi connectivity index (χ1) is 13.0. The highest BCUT2D eigenvalue weighted by atomic mass is 32.1. The largest absolute Gasteiger partial charge is 0.331 e. The van der Waals surface area contributed by atoms with Crippen LogP contribution in [0.25, 0.3) is 11.4 Å². The molecule has 0 radical (unpaired) electrons. The van der Waals surface area contributed by atoms with E-state index in [2.05, 4.69) is 31.6 Å². The standard InChI is InChI=1S/C18H19N7OS/c1-12-8-9-15(10-13(12)2)19-18(27)22-20-16(26)11-25-23-17(21-24-25)14-6-4-3-5-7-14/h3-10H,11H2,1-2H3,(H,20,26)(H2,19,22,27). The van der Waals surface area contributed by atoms with E-state index in [1.165, 1.54) is 10.4 Å². The van der Waals surface area contributed by atoms with Crippen molar-refractivity contribution in [2.24, 2.45) is 0 Å². The molecule has 0 atom stereocenters. The van der Waals surface area contributed by atoms with Crippen molar-refractivity contribution in [3.8, 4) is 11.4 Å². The van der Waals surface area contributed by atoms with E-state index in [-0.39, 0.29) is 17.6 Å². The van der Waals surface area contributed by atoms with Crippen molar-refractivity contribution in [1.29, 1.82) is 0 Å². The van der Waals surface area contributed by atoms with Crippen molar-refractivity contribution in [3.63, 3.8) is 0 Å². The summed E-state index contributed by atoms with van der Waals surface area (Å²) < 4.78 is 0. The van der Waals surface area contributed by atoms with Gasteiger partial charge < -0.3 is 5.32 Å². The summed E-state index contributed by atoms with van der Waals surface area (Å²) in [6.45, 7) is 3.98. The summed E-state index contributed by atoms with van der Waals surface area (Å²) >= 11 is 5.18. The lowest BCUT2D eigenvalue weighted by Gasteiger charge is -2.12. The van der Waals surface area contributed by atoms with Gasteiger partial charge in [-0.3, -0.25) is 15.6 Å². The average Bonchev–Trinajstić information content (AvgIpc) is 3.12. The number of carbonyl (C=O) groups is 1. The first-order valence-electron chi connectivity index (χ1n) is 8.27. The number of nitrogens with zero attached hydrogens (tertiary/aromatic N) is 4. The van der Waals surface area contributed by atoms with Crippen LogP contribution in [0.15, 0.2) is 48.5 Å². The molecule has 1 aromatic heterocycles. The molecule has 0 aliphatic rings. The molecule has 9 heteroatoms. The Bertz CT molecular complexity index is 955. The molecule has 0 bridgehead atoms. The molecule has 0 aliphatic carbocycles. The smallest absolute Gasteiger partial charge is 0.262 e. The van der Waals surface area contributed by atoms with Gasteiger partial charge in [-0.25, -0.2) is 0 Å². The molecule has 0 unspecified atom stereocenters. The highest BCUT2D eigenvalue weighted by Gasteiger charge is 2.09. The molecule has 2 aromatic carbocycles. The van der Waals surface area contributed by atoms with Crippen LogP contribution in [-0.4, -0.2) is 31.2 Å². The van der Waals surface area contributed by atoms with Crippen LogP contribution in [0.3, 0.4) is 0 Å². The van der Waals surface area contributed by atoms with Crippen LogP contribution < -0.4 is 16.2 Å². The second-order valence-electron chi connectivity index (χ2n) is 5.94. The Morgan fingerprint density at radius 3 is 2.59 bits per heavy atom. The number of anilines is 1. The van der Waals surface area contributed by atoms with Gasteiger partial charge in [0.1, 0.15) is 6.54 Å². The normalized spacial score (nSPS) is 10.3. The van der Waals surface area contributed by atoms with Crippen LogP contribution in [0, 0.1) is 13.8 Å². The first kappa shape index (κ1) is 18.5. The summed E-state index contributed by atoms with van der Waals surface area (Å²) in [7, 11) is 0. The lowest BCUT2D eigenvalue weighted by molar-refractivity contribution is -0.122. The van der Waals surface area contributed by atoms with E-state index in [9.17, 15) is 4.79 Å². The summed E-state index contributed by atoms with van der Waals surface area (Å²) in [5.41, 5.74) is 9.19. The number of hydrogen-bond donors (Lipinski definition) is 3. The number of aromatic nitrogens is 4. The van der Waals surface area contributed by atoms with Gasteiger partial charge in [0.05, 0.1) is 0 Å². The maximum absolute atomic E-state index is 12.0. The van der Waals surface area contributed by atoms with E-state index in [0.29, 0.717) is 5.82 Å². The van der Waals surface area contributed by atoms with Crippen molar-refractivity contribution in [1.82, 2.24) is 31.1 Å². The lowest BCUT2D eigenvalue weighted by atomic mass is 10.1. The Kier molecular flexibility index (Phi) is 5.72. The maximum atomic E-state index is 12.0. The Morgan fingerprint density at radius 2 is 1.85 bits per heavy atom. The molecule has 3 aromatic rings. The number of hydrazine groups is 1. The zero-order valence-electron chi connectivity index (χ0n) is 14.9. The minimum absolute atomic E-state index is 0.0842. The first-order valence-corrected chi connectivity index (χ1v) is 8.68. The van der Waals surface area contributed by atoms with E-state index in [1.807, 2.05) is 62.4 Å². The van der Waals surface area contributed by atoms with Gasteiger partial charge >= 0.3 is 0 Å². The Labute approximate surface area is 161 Å². The van der Waals surface area contributed by atoms with E-state index >= 15 is 0 Å². The monoisotopic (exact) mass is 381 g/mol. The van der Waals surface area contributed by atoms with Gasteiger partial charge in [0, 0.05) is 11.3 Å². The molecular formula is C18H19N7OS. The van der Waals surface area contributed by atoms with E-state index in [1.54, 1.807) is 0 Å². The van der Waals surface area contributed by atoms with Gasteiger partial charge in [0.2, 0.25) is 5.82 Å². The zero-order chi connectivity index (χ0) is 19.2. The van der Waals surface area contributed by atoms with Gasteiger partial charge in [-0.2, -0.15) is 4.80 Å². The molecule has 3 N–H and O–H groups in total. The van der Waals surface area contributed by atoms with Crippen LogP contribution in [0.1, 0.15) is 11.1 Å². The highest BCUT2D eigenvalue weighted by molar-refractivity contribution is 7.80. The summed E-state index contributed by atoms with van der Waals surface area (Å²) in [6.07, 6.45) is 0. The minimum atomic E-state index is -0.351. The van der Waals surface area contributed by atoms with Crippen LogP contribution in [0.4, 0.5) is 5.69 Å². The number of amides is 1. The second-order valence-corrected chi connectivity index (χ2v) is 6.34. The fourth-order valence-electron chi connectivity index (χ4n) is 2.29. The fraction of sp³-hybridized carbons (Fsp3) is 0.167. The molecule has 8 nitrogen and oxygen atoms in total. The molecule has 0 saturated heterocycles. The Hall–Kier alpha value is -3.33. The van der Waals surface area contributed by atoms with Crippen molar-refractivity contribution in [2.45, 2.75) is 20.4 Å². The summed E-state index contributed by atoms with van der Waals surface area (Å²) in [4.78, 5) is 13.2. The molecule has 27 heavy (non-hydrogen) atoms. The SMILES string of the molecule is Cc1ccc(NC(=S)NNC(=O)Cn2nnc(-c3ccccc3)n2)cc1C. The van der Waals surface area contributed by atoms with E-state index < -0.39 is 0 Å². The highest BCUT2D eigenvalue weighted by Crippen LogP contribution is 2.14. The van der Waals surface area contributed by atoms with Crippen LogP contribution in [-0.2, 0) is 11.3 Å². The minimum Gasteiger partial charge on any atom is -0.331 e. The van der Waals surface area contributed by atoms with Crippen LogP contribution in [0.5, 0.6) is 0 Å². The maximum Gasteiger partial charge on any atom is 0.262 e.